The van der Waals surface area contributed by atoms with Crippen LogP contribution in [0.2, 0.25) is 0 Å². The third kappa shape index (κ3) is 4.71. The summed E-state index contributed by atoms with van der Waals surface area (Å²) in [5.41, 5.74) is 0.588. The van der Waals surface area contributed by atoms with Crippen molar-refractivity contribution in [3.05, 3.63) is 29.8 Å². The topological polar surface area (TPSA) is 50.8 Å². The molecular weight excluding hydrogens is 304 g/mol. The minimum absolute atomic E-state index is 0.0725. The highest BCUT2D eigenvalue weighted by atomic mass is 16.5. The molecule has 0 aliphatic carbocycles. The molecule has 1 amide bonds. The molecule has 1 unspecified atom stereocenters. The van der Waals surface area contributed by atoms with Crippen molar-refractivity contribution in [2.24, 2.45) is 5.92 Å². The van der Waals surface area contributed by atoms with E-state index >= 15 is 0 Å². The Bertz CT molecular complexity index is 511. The van der Waals surface area contributed by atoms with Crippen LogP contribution in [0, 0.1) is 5.92 Å². The van der Waals surface area contributed by atoms with Gasteiger partial charge in [-0.1, -0.05) is 38.8 Å². The van der Waals surface area contributed by atoms with E-state index < -0.39 is 0 Å². The smallest absolute Gasteiger partial charge is 0.255 e. The Morgan fingerprint density at radius 1 is 1.25 bits per heavy atom. The SMILES string of the molecule is CCC(CC)C(CNC(=O)c1ccccc1OC)N1CCOCC1. The Morgan fingerprint density at radius 2 is 1.92 bits per heavy atom. The quantitative estimate of drug-likeness (QED) is 0.794. The molecule has 1 aliphatic heterocycles. The lowest BCUT2D eigenvalue weighted by molar-refractivity contribution is 0.00191. The average molecular weight is 334 g/mol. The van der Waals surface area contributed by atoms with Gasteiger partial charge in [0.2, 0.25) is 0 Å². The first kappa shape index (κ1) is 18.7. The second-order valence-electron chi connectivity index (χ2n) is 6.20. The first-order chi connectivity index (χ1) is 11.7. The molecule has 0 radical (unpaired) electrons. The van der Waals surface area contributed by atoms with Crippen LogP contribution in [0.25, 0.3) is 0 Å². The molecule has 1 N–H and O–H groups in total. The maximum atomic E-state index is 12.6. The molecule has 0 spiro atoms. The van der Waals surface area contributed by atoms with E-state index in [1.165, 1.54) is 0 Å². The van der Waals surface area contributed by atoms with Crippen molar-refractivity contribution in [1.82, 2.24) is 10.2 Å². The van der Waals surface area contributed by atoms with Gasteiger partial charge >= 0.3 is 0 Å². The Morgan fingerprint density at radius 3 is 2.54 bits per heavy atom. The van der Waals surface area contributed by atoms with E-state index in [2.05, 4.69) is 24.1 Å². The van der Waals surface area contributed by atoms with Crippen LogP contribution in [0.5, 0.6) is 5.75 Å². The number of ether oxygens (including phenoxy) is 2. The van der Waals surface area contributed by atoms with Crippen molar-refractivity contribution in [2.45, 2.75) is 32.7 Å². The van der Waals surface area contributed by atoms with Crippen LogP contribution in [0.3, 0.4) is 0 Å². The Kier molecular flexibility index (Phi) is 7.53. The monoisotopic (exact) mass is 334 g/mol. The molecule has 24 heavy (non-hydrogen) atoms. The third-order valence-corrected chi connectivity index (χ3v) is 4.93. The minimum atomic E-state index is -0.0725. The van der Waals surface area contributed by atoms with Crippen molar-refractivity contribution in [1.29, 1.82) is 0 Å². The molecule has 0 aromatic heterocycles. The molecule has 1 atom stereocenters. The van der Waals surface area contributed by atoms with E-state index in [9.17, 15) is 4.79 Å². The molecule has 1 aromatic rings. The maximum absolute atomic E-state index is 12.6. The molecule has 1 saturated heterocycles. The van der Waals surface area contributed by atoms with Crippen LogP contribution < -0.4 is 10.1 Å². The van der Waals surface area contributed by atoms with Crippen molar-refractivity contribution in [2.75, 3.05) is 40.0 Å². The van der Waals surface area contributed by atoms with Gasteiger partial charge in [-0.25, -0.2) is 0 Å². The standard InChI is InChI=1S/C19H30N2O3/c1-4-15(5-2)17(21-10-12-24-13-11-21)14-20-19(22)16-8-6-7-9-18(16)23-3/h6-9,15,17H,4-5,10-14H2,1-3H3,(H,20,22). The molecule has 5 nitrogen and oxygen atoms in total. The highest BCUT2D eigenvalue weighted by molar-refractivity contribution is 5.96. The minimum Gasteiger partial charge on any atom is -0.496 e. The number of methoxy groups -OCH3 is 1. The van der Waals surface area contributed by atoms with Gasteiger partial charge in [0, 0.05) is 25.7 Å². The zero-order chi connectivity index (χ0) is 17.4. The fourth-order valence-corrected chi connectivity index (χ4v) is 3.46. The largest absolute Gasteiger partial charge is 0.496 e. The van der Waals surface area contributed by atoms with Crippen LogP contribution in [0.4, 0.5) is 0 Å². The molecule has 0 bridgehead atoms. The highest BCUT2D eigenvalue weighted by Gasteiger charge is 2.27. The first-order valence-electron chi connectivity index (χ1n) is 8.94. The first-order valence-corrected chi connectivity index (χ1v) is 8.94. The maximum Gasteiger partial charge on any atom is 0.255 e. The molecule has 0 saturated carbocycles. The Balaban J connectivity index is 2.04. The summed E-state index contributed by atoms with van der Waals surface area (Å²) in [6.07, 6.45) is 2.23. The van der Waals surface area contributed by atoms with Gasteiger partial charge in [0.1, 0.15) is 5.75 Å². The number of para-hydroxylation sites is 1. The van der Waals surface area contributed by atoms with Crippen LogP contribution >= 0.6 is 0 Å². The number of nitrogens with one attached hydrogen (secondary N) is 1. The van der Waals surface area contributed by atoms with Gasteiger partial charge in [-0.15, -0.1) is 0 Å². The molecule has 134 valence electrons. The van der Waals surface area contributed by atoms with Gasteiger partial charge in [0.25, 0.3) is 5.91 Å². The molecule has 1 fully saturated rings. The zero-order valence-electron chi connectivity index (χ0n) is 15.1. The normalized spacial score (nSPS) is 16.8. The molecule has 5 heteroatoms. The van der Waals surface area contributed by atoms with Crippen molar-refractivity contribution in [3.8, 4) is 5.75 Å². The van der Waals surface area contributed by atoms with Gasteiger partial charge in [0.15, 0.2) is 0 Å². The summed E-state index contributed by atoms with van der Waals surface area (Å²) in [6, 6.07) is 7.70. The number of nitrogens with zero attached hydrogens (tertiary/aromatic N) is 1. The molecular formula is C19H30N2O3. The molecule has 1 heterocycles. The lowest BCUT2D eigenvalue weighted by Crippen LogP contribution is -2.52. The predicted octanol–water partition coefficient (Wildman–Crippen LogP) is 2.56. The molecule has 1 aromatic carbocycles. The van der Waals surface area contributed by atoms with Crippen LogP contribution in [0.15, 0.2) is 24.3 Å². The van der Waals surface area contributed by atoms with E-state index in [0.29, 0.717) is 29.8 Å². The summed E-state index contributed by atoms with van der Waals surface area (Å²) in [7, 11) is 1.59. The number of carbonyl (C=O) groups excluding carboxylic acids is 1. The average Bonchev–Trinajstić information content (AvgIpc) is 2.65. The fraction of sp³-hybridized carbons (Fsp3) is 0.632. The van der Waals surface area contributed by atoms with Crippen LogP contribution in [-0.2, 0) is 4.74 Å². The molecule has 2 rings (SSSR count). The van der Waals surface area contributed by atoms with E-state index in [0.717, 1.165) is 39.1 Å². The summed E-state index contributed by atoms with van der Waals surface area (Å²) in [6.45, 7) is 8.53. The summed E-state index contributed by atoms with van der Waals surface area (Å²) in [4.78, 5) is 15.0. The van der Waals surface area contributed by atoms with Crippen LogP contribution in [0.1, 0.15) is 37.0 Å². The number of benzene rings is 1. The second-order valence-corrected chi connectivity index (χ2v) is 6.20. The van der Waals surface area contributed by atoms with Crippen molar-refractivity contribution in [3.63, 3.8) is 0 Å². The Labute approximate surface area is 145 Å². The number of amides is 1. The third-order valence-electron chi connectivity index (χ3n) is 4.93. The van der Waals surface area contributed by atoms with Gasteiger partial charge in [-0.2, -0.15) is 0 Å². The van der Waals surface area contributed by atoms with E-state index in [-0.39, 0.29) is 5.91 Å². The van der Waals surface area contributed by atoms with Gasteiger partial charge in [0.05, 0.1) is 25.9 Å². The van der Waals surface area contributed by atoms with Gasteiger partial charge in [-0.3, -0.25) is 9.69 Å². The number of morpholine rings is 1. The second kappa shape index (κ2) is 9.64. The summed E-state index contributed by atoms with van der Waals surface area (Å²) < 4.78 is 10.8. The van der Waals surface area contributed by atoms with Crippen molar-refractivity contribution >= 4 is 5.91 Å². The number of rotatable bonds is 8. The number of hydrogen-bond acceptors (Lipinski definition) is 4. The fourth-order valence-electron chi connectivity index (χ4n) is 3.46. The van der Waals surface area contributed by atoms with E-state index in [1.807, 2.05) is 18.2 Å². The molecule has 1 aliphatic rings. The zero-order valence-corrected chi connectivity index (χ0v) is 15.1. The van der Waals surface area contributed by atoms with E-state index in [4.69, 9.17) is 9.47 Å². The van der Waals surface area contributed by atoms with Crippen LogP contribution in [-0.4, -0.2) is 56.8 Å². The summed E-state index contributed by atoms with van der Waals surface area (Å²) in [5, 5.41) is 3.12. The van der Waals surface area contributed by atoms with E-state index in [1.54, 1.807) is 13.2 Å². The number of hydrogen-bond donors (Lipinski definition) is 1. The highest BCUT2D eigenvalue weighted by Crippen LogP contribution is 2.21. The lowest BCUT2D eigenvalue weighted by Gasteiger charge is -2.38. The van der Waals surface area contributed by atoms with Gasteiger partial charge in [-0.05, 0) is 18.1 Å². The summed E-state index contributed by atoms with van der Waals surface area (Å²) in [5.74, 6) is 1.11. The van der Waals surface area contributed by atoms with Crippen molar-refractivity contribution < 1.29 is 14.3 Å². The lowest BCUT2D eigenvalue weighted by atomic mass is 9.92. The van der Waals surface area contributed by atoms with Gasteiger partial charge < -0.3 is 14.8 Å². The predicted molar refractivity (Wildman–Crippen MR) is 95.6 cm³/mol. The number of carbonyl (C=O) groups is 1. The summed E-state index contributed by atoms with van der Waals surface area (Å²) >= 11 is 0. The Hall–Kier alpha value is -1.59.